The molecule has 0 aliphatic heterocycles. The number of hydrogen-bond acceptors (Lipinski definition) is 5. The summed E-state index contributed by atoms with van der Waals surface area (Å²) < 4.78 is 4.44. The van der Waals surface area contributed by atoms with E-state index in [0.717, 1.165) is 5.56 Å². The summed E-state index contributed by atoms with van der Waals surface area (Å²) in [5.41, 5.74) is 7.00. The van der Waals surface area contributed by atoms with E-state index in [4.69, 9.17) is 10.8 Å². The molecule has 0 aliphatic rings. The SMILES string of the molecule is COC(=O)CC[C@@H](NC(=O)c1cc(C)ccc1N)C(=O)O. The van der Waals surface area contributed by atoms with Crippen LogP contribution in [0.15, 0.2) is 18.2 Å². The largest absolute Gasteiger partial charge is 0.480 e. The van der Waals surface area contributed by atoms with E-state index in [1.165, 1.54) is 7.11 Å². The van der Waals surface area contributed by atoms with Crippen molar-refractivity contribution in [3.63, 3.8) is 0 Å². The Morgan fingerprint density at radius 3 is 2.62 bits per heavy atom. The molecular weight excluding hydrogens is 276 g/mol. The first-order chi connectivity index (χ1) is 9.85. The summed E-state index contributed by atoms with van der Waals surface area (Å²) in [4.78, 5) is 34.2. The van der Waals surface area contributed by atoms with Crippen molar-refractivity contribution in [3.8, 4) is 0 Å². The molecule has 7 heteroatoms. The lowest BCUT2D eigenvalue weighted by Gasteiger charge is -2.15. The zero-order chi connectivity index (χ0) is 16.0. The van der Waals surface area contributed by atoms with E-state index in [1.807, 2.05) is 0 Å². The normalized spacial score (nSPS) is 11.5. The molecule has 0 aromatic heterocycles. The van der Waals surface area contributed by atoms with Crippen molar-refractivity contribution in [1.82, 2.24) is 5.32 Å². The number of anilines is 1. The van der Waals surface area contributed by atoms with Gasteiger partial charge < -0.3 is 20.9 Å². The van der Waals surface area contributed by atoms with Crippen LogP contribution < -0.4 is 11.1 Å². The van der Waals surface area contributed by atoms with Crippen molar-refractivity contribution in [3.05, 3.63) is 29.3 Å². The fourth-order valence-electron chi connectivity index (χ4n) is 1.72. The van der Waals surface area contributed by atoms with Crippen LogP contribution in [0.1, 0.15) is 28.8 Å². The van der Waals surface area contributed by atoms with Crippen LogP contribution in [0.2, 0.25) is 0 Å². The highest BCUT2D eigenvalue weighted by molar-refractivity contribution is 6.01. The van der Waals surface area contributed by atoms with Gasteiger partial charge in [0.2, 0.25) is 0 Å². The number of aryl methyl sites for hydroxylation is 1. The number of benzene rings is 1. The smallest absolute Gasteiger partial charge is 0.326 e. The van der Waals surface area contributed by atoms with Gasteiger partial charge in [0.25, 0.3) is 5.91 Å². The number of carboxylic acid groups (broad SMARTS) is 1. The maximum Gasteiger partial charge on any atom is 0.326 e. The van der Waals surface area contributed by atoms with E-state index < -0.39 is 23.9 Å². The second-order valence-corrected chi connectivity index (χ2v) is 4.57. The van der Waals surface area contributed by atoms with Crippen LogP contribution in [-0.2, 0) is 14.3 Å². The average Bonchev–Trinajstić information content (AvgIpc) is 2.44. The first-order valence-electron chi connectivity index (χ1n) is 6.31. The Balaban J connectivity index is 2.79. The summed E-state index contributed by atoms with van der Waals surface area (Å²) >= 11 is 0. The number of nitrogens with two attached hydrogens (primary N) is 1. The minimum atomic E-state index is -1.22. The van der Waals surface area contributed by atoms with Crippen LogP contribution in [0.5, 0.6) is 0 Å². The first-order valence-corrected chi connectivity index (χ1v) is 6.31. The van der Waals surface area contributed by atoms with Gasteiger partial charge in [-0.3, -0.25) is 9.59 Å². The maximum atomic E-state index is 12.1. The van der Waals surface area contributed by atoms with Crippen molar-refractivity contribution >= 4 is 23.5 Å². The van der Waals surface area contributed by atoms with Crippen molar-refractivity contribution in [2.75, 3.05) is 12.8 Å². The summed E-state index contributed by atoms with van der Waals surface area (Å²) in [6, 6.07) is 3.72. The Bertz CT molecular complexity index is 556. The van der Waals surface area contributed by atoms with Gasteiger partial charge in [0.15, 0.2) is 0 Å². The molecule has 1 atom stereocenters. The molecule has 114 valence electrons. The van der Waals surface area contributed by atoms with Crippen molar-refractivity contribution in [2.24, 2.45) is 0 Å². The van der Waals surface area contributed by atoms with Gasteiger partial charge in [0.05, 0.1) is 12.7 Å². The number of carboxylic acids is 1. The van der Waals surface area contributed by atoms with Crippen LogP contribution in [-0.4, -0.2) is 36.1 Å². The molecule has 0 spiro atoms. The van der Waals surface area contributed by atoms with Crippen molar-refractivity contribution in [2.45, 2.75) is 25.8 Å². The summed E-state index contributed by atoms with van der Waals surface area (Å²) in [5.74, 6) is -2.35. The lowest BCUT2D eigenvalue weighted by molar-refractivity contribution is -0.142. The fraction of sp³-hybridized carbons (Fsp3) is 0.357. The lowest BCUT2D eigenvalue weighted by atomic mass is 10.1. The van der Waals surface area contributed by atoms with Gasteiger partial charge in [-0.2, -0.15) is 0 Å². The van der Waals surface area contributed by atoms with E-state index in [0.29, 0.717) is 0 Å². The third kappa shape index (κ3) is 4.79. The highest BCUT2D eigenvalue weighted by Gasteiger charge is 2.22. The Hall–Kier alpha value is -2.57. The Morgan fingerprint density at radius 2 is 2.05 bits per heavy atom. The van der Waals surface area contributed by atoms with Crippen LogP contribution in [0.25, 0.3) is 0 Å². The number of aliphatic carboxylic acids is 1. The number of carbonyl (C=O) groups excluding carboxylic acids is 2. The second kappa shape index (κ2) is 7.28. The van der Waals surface area contributed by atoms with Gasteiger partial charge in [0, 0.05) is 12.1 Å². The molecule has 0 radical (unpaired) electrons. The number of rotatable bonds is 6. The molecule has 0 bridgehead atoms. The van der Waals surface area contributed by atoms with Crippen LogP contribution in [0.4, 0.5) is 5.69 Å². The minimum absolute atomic E-state index is 0.0561. The summed E-state index contributed by atoms with van der Waals surface area (Å²) in [5, 5.41) is 11.4. The zero-order valence-corrected chi connectivity index (χ0v) is 11.9. The third-order valence-corrected chi connectivity index (χ3v) is 2.92. The quantitative estimate of drug-likeness (QED) is 0.525. The number of ether oxygens (including phenoxy) is 1. The molecule has 0 saturated heterocycles. The zero-order valence-electron chi connectivity index (χ0n) is 11.9. The third-order valence-electron chi connectivity index (χ3n) is 2.92. The number of carbonyl (C=O) groups is 3. The summed E-state index contributed by atoms with van der Waals surface area (Å²) in [6.07, 6.45) is -0.156. The van der Waals surface area contributed by atoms with Gasteiger partial charge >= 0.3 is 11.9 Å². The lowest BCUT2D eigenvalue weighted by Crippen LogP contribution is -2.41. The summed E-state index contributed by atoms with van der Waals surface area (Å²) in [7, 11) is 1.21. The standard InChI is InChI=1S/C14H18N2O5/c1-8-3-4-10(15)9(7-8)13(18)16-11(14(19)20)5-6-12(17)21-2/h3-4,7,11H,5-6,15H2,1-2H3,(H,16,18)(H,19,20)/t11-/m1/s1. The van der Waals surface area contributed by atoms with Crippen LogP contribution >= 0.6 is 0 Å². The minimum Gasteiger partial charge on any atom is -0.480 e. The van der Waals surface area contributed by atoms with Gasteiger partial charge in [-0.1, -0.05) is 11.6 Å². The Labute approximate surface area is 122 Å². The van der Waals surface area contributed by atoms with Gasteiger partial charge in [0.1, 0.15) is 6.04 Å². The topological polar surface area (TPSA) is 119 Å². The molecule has 1 rings (SSSR count). The monoisotopic (exact) mass is 294 g/mol. The Kier molecular flexibility index (Phi) is 5.71. The van der Waals surface area contributed by atoms with E-state index in [-0.39, 0.29) is 24.1 Å². The molecule has 4 N–H and O–H groups in total. The maximum absolute atomic E-state index is 12.1. The fourth-order valence-corrected chi connectivity index (χ4v) is 1.72. The predicted octanol–water partition coefficient (Wildman–Crippen LogP) is 0.713. The van der Waals surface area contributed by atoms with E-state index in [2.05, 4.69) is 10.1 Å². The molecule has 1 aromatic carbocycles. The predicted molar refractivity (Wildman–Crippen MR) is 75.7 cm³/mol. The van der Waals surface area contributed by atoms with E-state index in [9.17, 15) is 14.4 Å². The number of hydrogen-bond donors (Lipinski definition) is 3. The molecule has 1 aromatic rings. The van der Waals surface area contributed by atoms with E-state index in [1.54, 1.807) is 25.1 Å². The van der Waals surface area contributed by atoms with Crippen LogP contribution in [0.3, 0.4) is 0 Å². The number of nitrogen functional groups attached to an aromatic ring is 1. The molecular formula is C14H18N2O5. The van der Waals surface area contributed by atoms with Gasteiger partial charge in [-0.25, -0.2) is 4.79 Å². The number of nitrogens with one attached hydrogen (secondary N) is 1. The molecule has 0 aliphatic carbocycles. The molecule has 0 unspecified atom stereocenters. The van der Waals surface area contributed by atoms with Crippen molar-refractivity contribution < 1.29 is 24.2 Å². The molecule has 0 saturated carbocycles. The molecule has 21 heavy (non-hydrogen) atoms. The number of amides is 1. The van der Waals surface area contributed by atoms with Gasteiger partial charge in [-0.05, 0) is 25.5 Å². The first kappa shape index (κ1) is 16.5. The van der Waals surface area contributed by atoms with E-state index >= 15 is 0 Å². The highest BCUT2D eigenvalue weighted by atomic mass is 16.5. The molecule has 7 nitrogen and oxygen atoms in total. The Morgan fingerprint density at radius 1 is 1.38 bits per heavy atom. The molecule has 0 fully saturated rings. The number of methoxy groups -OCH3 is 1. The molecule has 1 amide bonds. The van der Waals surface area contributed by atoms with Crippen molar-refractivity contribution in [1.29, 1.82) is 0 Å². The highest BCUT2D eigenvalue weighted by Crippen LogP contribution is 2.14. The van der Waals surface area contributed by atoms with Gasteiger partial charge in [-0.15, -0.1) is 0 Å². The number of esters is 1. The van der Waals surface area contributed by atoms with Crippen LogP contribution in [0, 0.1) is 6.92 Å². The average molecular weight is 294 g/mol. The second-order valence-electron chi connectivity index (χ2n) is 4.57. The molecule has 0 heterocycles. The summed E-state index contributed by atoms with van der Waals surface area (Å²) in [6.45, 7) is 1.79.